The fourth-order valence-corrected chi connectivity index (χ4v) is 2.15. The van der Waals surface area contributed by atoms with Crippen molar-refractivity contribution in [1.82, 2.24) is 0 Å². The van der Waals surface area contributed by atoms with Crippen LogP contribution in [0, 0.1) is 0 Å². The molecule has 0 saturated heterocycles. The van der Waals surface area contributed by atoms with Crippen LogP contribution in [0.3, 0.4) is 0 Å². The molecule has 0 aliphatic carbocycles. The highest BCUT2D eigenvalue weighted by Gasteiger charge is 2.11. The molecule has 0 spiro atoms. The van der Waals surface area contributed by atoms with Crippen molar-refractivity contribution in [2.75, 3.05) is 38.8 Å². The van der Waals surface area contributed by atoms with Crippen molar-refractivity contribution in [2.45, 2.75) is 0 Å². The molecule has 0 saturated carbocycles. The standard InChI is InChI=1S/C20H23FN2O4/c1-25-9-10-26-19-11-17(23-20(24)16-5-3-2-4-6-16)7-8-18(19)27-14-15(12-21)13-22/h2-8,11-12H,9-10,13-14,22H2,1H3,(H,23,24)/b15-12+. The Bertz CT molecular complexity index is 766. The third-order valence-electron chi connectivity index (χ3n) is 3.61. The number of ether oxygens (including phenoxy) is 3. The summed E-state index contributed by atoms with van der Waals surface area (Å²) in [4.78, 5) is 12.3. The Hall–Kier alpha value is -2.90. The molecule has 7 heteroatoms. The van der Waals surface area contributed by atoms with E-state index in [9.17, 15) is 9.18 Å². The van der Waals surface area contributed by atoms with Crippen molar-refractivity contribution in [3.63, 3.8) is 0 Å². The molecule has 0 aliphatic rings. The summed E-state index contributed by atoms with van der Waals surface area (Å²) in [6, 6.07) is 13.8. The minimum absolute atomic E-state index is 0.00333. The van der Waals surface area contributed by atoms with Crippen LogP contribution in [0.5, 0.6) is 11.5 Å². The van der Waals surface area contributed by atoms with E-state index in [4.69, 9.17) is 19.9 Å². The molecule has 1 amide bonds. The number of hydrogen-bond donors (Lipinski definition) is 2. The summed E-state index contributed by atoms with van der Waals surface area (Å²) in [6.45, 7) is 0.745. The summed E-state index contributed by atoms with van der Waals surface area (Å²) in [5.41, 5.74) is 6.84. The summed E-state index contributed by atoms with van der Waals surface area (Å²) in [6.07, 6.45) is 0.430. The van der Waals surface area contributed by atoms with Gasteiger partial charge >= 0.3 is 0 Å². The molecule has 0 aliphatic heterocycles. The average molecular weight is 374 g/mol. The van der Waals surface area contributed by atoms with Gasteiger partial charge in [0.2, 0.25) is 0 Å². The van der Waals surface area contributed by atoms with Crippen LogP contribution in [0.4, 0.5) is 10.1 Å². The molecule has 0 heterocycles. The first-order valence-corrected chi connectivity index (χ1v) is 8.41. The first-order valence-electron chi connectivity index (χ1n) is 8.41. The van der Waals surface area contributed by atoms with E-state index in [0.29, 0.717) is 47.9 Å². The monoisotopic (exact) mass is 374 g/mol. The number of rotatable bonds is 10. The minimum atomic E-state index is -0.238. The van der Waals surface area contributed by atoms with Crippen molar-refractivity contribution in [3.05, 3.63) is 66.0 Å². The van der Waals surface area contributed by atoms with Crippen molar-refractivity contribution in [1.29, 1.82) is 0 Å². The highest BCUT2D eigenvalue weighted by atomic mass is 19.1. The third-order valence-corrected chi connectivity index (χ3v) is 3.61. The fraction of sp³-hybridized carbons (Fsp3) is 0.250. The predicted molar refractivity (Wildman–Crippen MR) is 102 cm³/mol. The number of amides is 1. The maximum Gasteiger partial charge on any atom is 0.255 e. The van der Waals surface area contributed by atoms with Gasteiger partial charge < -0.3 is 25.3 Å². The minimum Gasteiger partial charge on any atom is -0.487 e. The van der Waals surface area contributed by atoms with Gasteiger partial charge in [-0.25, -0.2) is 4.39 Å². The second-order valence-electron chi connectivity index (χ2n) is 5.58. The molecule has 144 valence electrons. The number of carbonyl (C=O) groups excluding carboxylic acids is 1. The Morgan fingerprint density at radius 1 is 1.11 bits per heavy atom. The first-order chi connectivity index (χ1) is 13.2. The Morgan fingerprint density at radius 3 is 2.56 bits per heavy atom. The third kappa shape index (κ3) is 6.40. The predicted octanol–water partition coefficient (Wildman–Crippen LogP) is 3.16. The molecule has 27 heavy (non-hydrogen) atoms. The summed E-state index contributed by atoms with van der Waals surface area (Å²) >= 11 is 0. The van der Waals surface area contributed by atoms with Crippen LogP contribution in [-0.4, -0.2) is 39.4 Å². The molecule has 0 bridgehead atoms. The molecular weight excluding hydrogens is 351 g/mol. The quantitative estimate of drug-likeness (QED) is 0.624. The number of methoxy groups -OCH3 is 1. The molecule has 0 atom stereocenters. The molecular formula is C20H23FN2O4. The Balaban J connectivity index is 2.14. The van der Waals surface area contributed by atoms with Crippen molar-refractivity contribution in [2.24, 2.45) is 5.73 Å². The van der Waals surface area contributed by atoms with Crippen LogP contribution in [-0.2, 0) is 4.74 Å². The largest absolute Gasteiger partial charge is 0.487 e. The van der Waals surface area contributed by atoms with E-state index in [1.54, 1.807) is 49.6 Å². The number of halogens is 1. The molecule has 0 radical (unpaired) electrons. The summed E-state index contributed by atoms with van der Waals surface area (Å²) in [5.74, 6) is 0.586. The molecule has 2 aromatic rings. The lowest BCUT2D eigenvalue weighted by Crippen LogP contribution is -2.13. The normalized spacial score (nSPS) is 11.1. The molecule has 2 rings (SSSR count). The lowest BCUT2D eigenvalue weighted by Gasteiger charge is -2.15. The zero-order chi connectivity index (χ0) is 19.5. The van der Waals surface area contributed by atoms with Gasteiger partial charge in [0.1, 0.15) is 13.2 Å². The van der Waals surface area contributed by atoms with E-state index in [0.717, 1.165) is 0 Å². The van der Waals surface area contributed by atoms with Crippen molar-refractivity contribution >= 4 is 11.6 Å². The van der Waals surface area contributed by atoms with Crippen molar-refractivity contribution < 1.29 is 23.4 Å². The second-order valence-corrected chi connectivity index (χ2v) is 5.58. The van der Waals surface area contributed by atoms with Crippen LogP contribution in [0.2, 0.25) is 0 Å². The van der Waals surface area contributed by atoms with E-state index < -0.39 is 0 Å². The van der Waals surface area contributed by atoms with Gasteiger partial charge in [0.05, 0.1) is 12.9 Å². The Labute approximate surface area is 157 Å². The molecule has 6 nitrogen and oxygen atoms in total. The molecule has 0 aromatic heterocycles. The van der Waals surface area contributed by atoms with Gasteiger partial charge in [-0.05, 0) is 24.3 Å². The van der Waals surface area contributed by atoms with E-state index in [1.165, 1.54) is 0 Å². The summed E-state index contributed by atoms with van der Waals surface area (Å²) in [7, 11) is 1.57. The van der Waals surface area contributed by atoms with Crippen LogP contribution < -0.4 is 20.5 Å². The highest BCUT2D eigenvalue weighted by molar-refractivity contribution is 6.04. The van der Waals surface area contributed by atoms with E-state index in [1.807, 2.05) is 6.07 Å². The molecule has 0 fully saturated rings. The van der Waals surface area contributed by atoms with Gasteiger partial charge in [-0.2, -0.15) is 0 Å². The number of hydrogen-bond acceptors (Lipinski definition) is 5. The fourth-order valence-electron chi connectivity index (χ4n) is 2.15. The number of carbonyl (C=O) groups is 1. The van der Waals surface area contributed by atoms with Gasteiger partial charge in [0, 0.05) is 36.5 Å². The maximum absolute atomic E-state index is 12.7. The molecule has 2 aromatic carbocycles. The number of anilines is 1. The van der Waals surface area contributed by atoms with Crippen LogP contribution >= 0.6 is 0 Å². The number of benzene rings is 2. The highest BCUT2D eigenvalue weighted by Crippen LogP contribution is 2.31. The lowest BCUT2D eigenvalue weighted by molar-refractivity contribution is 0.102. The summed E-state index contributed by atoms with van der Waals surface area (Å²) < 4.78 is 28.9. The van der Waals surface area contributed by atoms with E-state index in [2.05, 4.69) is 5.32 Å². The molecule has 0 unspecified atom stereocenters. The van der Waals surface area contributed by atoms with Crippen molar-refractivity contribution in [3.8, 4) is 11.5 Å². The summed E-state index contributed by atoms with van der Waals surface area (Å²) in [5, 5.41) is 2.81. The van der Waals surface area contributed by atoms with Gasteiger partial charge in [0.25, 0.3) is 5.91 Å². The topological polar surface area (TPSA) is 82.8 Å². The van der Waals surface area contributed by atoms with Gasteiger partial charge in [0.15, 0.2) is 11.5 Å². The van der Waals surface area contributed by atoms with Gasteiger partial charge in [-0.15, -0.1) is 0 Å². The van der Waals surface area contributed by atoms with E-state index >= 15 is 0 Å². The van der Waals surface area contributed by atoms with Gasteiger partial charge in [-0.3, -0.25) is 4.79 Å². The van der Waals surface area contributed by atoms with Crippen LogP contribution in [0.1, 0.15) is 10.4 Å². The average Bonchev–Trinajstić information content (AvgIpc) is 2.71. The Kier molecular flexibility index (Phi) is 8.28. The zero-order valence-corrected chi connectivity index (χ0v) is 15.1. The number of nitrogens with one attached hydrogen (secondary N) is 1. The number of nitrogens with two attached hydrogens (primary N) is 1. The van der Waals surface area contributed by atoms with Gasteiger partial charge in [-0.1, -0.05) is 18.2 Å². The smallest absolute Gasteiger partial charge is 0.255 e. The zero-order valence-electron chi connectivity index (χ0n) is 15.1. The van der Waals surface area contributed by atoms with E-state index in [-0.39, 0.29) is 19.1 Å². The SMILES string of the molecule is COCCOc1cc(NC(=O)c2ccccc2)ccc1OC/C(=C/F)CN. The first kappa shape index (κ1) is 20.4. The van der Waals surface area contributed by atoms with Crippen LogP contribution in [0.15, 0.2) is 60.4 Å². The second kappa shape index (κ2) is 10.9. The van der Waals surface area contributed by atoms with Crippen LogP contribution in [0.25, 0.3) is 0 Å². The lowest BCUT2D eigenvalue weighted by atomic mass is 10.2. The Morgan fingerprint density at radius 2 is 1.89 bits per heavy atom. The molecule has 3 N–H and O–H groups in total. The maximum atomic E-state index is 12.7.